The first-order chi connectivity index (χ1) is 15.6. The summed E-state index contributed by atoms with van der Waals surface area (Å²) in [4.78, 5) is 24.0. The van der Waals surface area contributed by atoms with Gasteiger partial charge in [0.1, 0.15) is 12.4 Å². The number of benzene rings is 3. The number of carboxylic acids is 1. The van der Waals surface area contributed by atoms with Gasteiger partial charge in [-0.1, -0.05) is 48.5 Å². The van der Waals surface area contributed by atoms with Gasteiger partial charge >= 0.3 is 18.2 Å². The molecule has 9 heteroatoms. The average Bonchev–Trinajstić information content (AvgIpc) is 3.08. The molecule has 0 bridgehead atoms. The minimum atomic E-state index is -4.89. The first kappa shape index (κ1) is 22.3. The smallest absolute Gasteiger partial charge is 0.416 e. The van der Waals surface area contributed by atoms with Crippen LogP contribution in [0, 0.1) is 5.82 Å². The van der Waals surface area contributed by atoms with Gasteiger partial charge in [0.25, 0.3) is 0 Å². The zero-order chi connectivity index (χ0) is 23.8. The SMILES string of the molecule is O=C(NC(C(=O)O)c1cc(F)cc(C(F)(F)F)c1)OCC1c2ccccc2-c2ccccc21. The molecule has 0 aromatic heterocycles. The van der Waals surface area contributed by atoms with Crippen LogP contribution in [-0.4, -0.2) is 23.8 Å². The van der Waals surface area contributed by atoms with Crippen LogP contribution in [0.4, 0.5) is 22.4 Å². The van der Waals surface area contributed by atoms with Crippen LogP contribution < -0.4 is 5.32 Å². The van der Waals surface area contributed by atoms with Gasteiger partial charge in [-0.25, -0.2) is 14.0 Å². The number of hydrogen-bond donors (Lipinski definition) is 2. The third kappa shape index (κ3) is 4.52. The number of fused-ring (bicyclic) bond motifs is 3. The van der Waals surface area contributed by atoms with Gasteiger partial charge in [-0.2, -0.15) is 13.2 Å². The van der Waals surface area contributed by atoms with Crippen molar-refractivity contribution >= 4 is 12.1 Å². The Kier molecular flexibility index (Phi) is 5.80. The van der Waals surface area contributed by atoms with Crippen LogP contribution >= 0.6 is 0 Å². The number of amides is 1. The number of ether oxygens (including phenoxy) is 1. The van der Waals surface area contributed by atoms with Crippen molar-refractivity contribution < 1.29 is 37.0 Å². The molecule has 2 N–H and O–H groups in total. The number of alkyl carbamates (subject to hydrolysis) is 1. The highest BCUT2D eigenvalue weighted by Crippen LogP contribution is 2.44. The third-order valence-corrected chi connectivity index (χ3v) is 5.43. The Bertz CT molecular complexity index is 1180. The Balaban J connectivity index is 1.52. The molecule has 1 amide bonds. The molecule has 33 heavy (non-hydrogen) atoms. The molecular weight excluding hydrogens is 442 g/mol. The summed E-state index contributed by atoms with van der Waals surface area (Å²) in [6.45, 7) is -0.122. The van der Waals surface area contributed by atoms with Crippen molar-refractivity contribution in [3.05, 3.63) is 94.8 Å². The molecule has 0 aliphatic heterocycles. The number of aliphatic carboxylic acids is 1. The van der Waals surface area contributed by atoms with E-state index in [1.54, 1.807) is 0 Å². The molecule has 0 fully saturated rings. The lowest BCUT2D eigenvalue weighted by Gasteiger charge is -2.18. The van der Waals surface area contributed by atoms with Crippen LogP contribution in [0.3, 0.4) is 0 Å². The van der Waals surface area contributed by atoms with Crippen molar-refractivity contribution in [1.29, 1.82) is 0 Å². The highest BCUT2D eigenvalue weighted by molar-refractivity contribution is 5.82. The van der Waals surface area contributed by atoms with E-state index in [1.165, 1.54) is 0 Å². The van der Waals surface area contributed by atoms with Gasteiger partial charge in [0.15, 0.2) is 6.04 Å². The minimum Gasteiger partial charge on any atom is -0.479 e. The molecule has 1 unspecified atom stereocenters. The zero-order valence-corrected chi connectivity index (χ0v) is 16.9. The van der Waals surface area contributed by atoms with E-state index < -0.39 is 41.2 Å². The summed E-state index contributed by atoms with van der Waals surface area (Å²) < 4.78 is 57.9. The van der Waals surface area contributed by atoms with E-state index in [1.807, 2.05) is 53.8 Å². The summed E-state index contributed by atoms with van der Waals surface area (Å²) >= 11 is 0. The van der Waals surface area contributed by atoms with E-state index in [9.17, 15) is 32.3 Å². The summed E-state index contributed by atoms with van der Waals surface area (Å²) in [5.41, 5.74) is 1.92. The fourth-order valence-corrected chi connectivity index (χ4v) is 3.99. The highest BCUT2D eigenvalue weighted by atomic mass is 19.4. The second kappa shape index (κ2) is 8.57. The highest BCUT2D eigenvalue weighted by Gasteiger charge is 2.34. The summed E-state index contributed by atoms with van der Waals surface area (Å²) in [5.74, 6) is -3.24. The van der Waals surface area contributed by atoms with Crippen LogP contribution in [0.15, 0.2) is 66.7 Å². The summed E-state index contributed by atoms with van der Waals surface area (Å²) in [5, 5.41) is 11.4. The first-order valence-electron chi connectivity index (χ1n) is 9.87. The Labute approximate surface area is 185 Å². The first-order valence-corrected chi connectivity index (χ1v) is 9.87. The molecule has 0 spiro atoms. The molecule has 3 aromatic carbocycles. The maximum absolute atomic E-state index is 13.7. The van der Waals surface area contributed by atoms with Gasteiger partial charge < -0.3 is 15.2 Å². The molecule has 1 atom stereocenters. The molecule has 1 aliphatic carbocycles. The van der Waals surface area contributed by atoms with E-state index in [2.05, 4.69) is 0 Å². The molecule has 1 aliphatic rings. The van der Waals surface area contributed by atoms with Crippen molar-refractivity contribution in [3.8, 4) is 11.1 Å². The number of alkyl halides is 3. The molecule has 0 saturated heterocycles. The molecule has 5 nitrogen and oxygen atoms in total. The predicted octanol–water partition coefficient (Wildman–Crippen LogP) is 5.51. The molecule has 0 saturated carbocycles. The van der Waals surface area contributed by atoms with Crippen molar-refractivity contribution in [3.63, 3.8) is 0 Å². The Morgan fingerprint density at radius 3 is 2.09 bits per heavy atom. The van der Waals surface area contributed by atoms with Gasteiger partial charge in [-0.15, -0.1) is 0 Å². The molecule has 0 radical (unpaired) electrons. The fourth-order valence-electron chi connectivity index (χ4n) is 3.99. The number of hydrogen-bond acceptors (Lipinski definition) is 3. The van der Waals surface area contributed by atoms with Crippen LogP contribution in [0.2, 0.25) is 0 Å². The zero-order valence-electron chi connectivity index (χ0n) is 16.9. The van der Waals surface area contributed by atoms with Crippen LogP contribution in [0.1, 0.15) is 34.2 Å². The summed E-state index contributed by atoms with van der Waals surface area (Å²) in [7, 11) is 0. The van der Waals surface area contributed by atoms with Crippen LogP contribution in [0.5, 0.6) is 0 Å². The van der Waals surface area contributed by atoms with Gasteiger partial charge in [-0.3, -0.25) is 0 Å². The molecule has 170 valence electrons. The third-order valence-electron chi connectivity index (χ3n) is 5.43. The van der Waals surface area contributed by atoms with Gasteiger partial charge in [0, 0.05) is 5.92 Å². The number of nitrogens with one attached hydrogen (secondary N) is 1. The van der Waals surface area contributed by atoms with Crippen LogP contribution in [-0.2, 0) is 15.7 Å². The maximum atomic E-state index is 13.7. The van der Waals surface area contributed by atoms with Gasteiger partial charge in [0.05, 0.1) is 5.56 Å². The number of carboxylic acid groups (broad SMARTS) is 1. The van der Waals surface area contributed by atoms with E-state index in [0.717, 1.165) is 22.3 Å². The lowest BCUT2D eigenvalue weighted by molar-refractivity contribution is -0.140. The normalized spacial score (nSPS) is 13.7. The molecular formula is C24H17F4NO4. The second-order valence-corrected chi connectivity index (χ2v) is 7.51. The van der Waals surface area contributed by atoms with E-state index in [-0.39, 0.29) is 18.6 Å². The number of halogens is 4. The number of carbonyl (C=O) groups excluding carboxylic acids is 1. The fraction of sp³-hybridized carbons (Fsp3) is 0.167. The number of carbonyl (C=O) groups is 2. The van der Waals surface area contributed by atoms with Crippen molar-refractivity contribution in [1.82, 2.24) is 5.32 Å². The molecule has 0 heterocycles. The lowest BCUT2D eigenvalue weighted by Crippen LogP contribution is -2.35. The minimum absolute atomic E-state index is 0.122. The van der Waals surface area contributed by atoms with Gasteiger partial charge in [-0.05, 0) is 46.0 Å². The summed E-state index contributed by atoms with van der Waals surface area (Å²) in [6, 6.07) is 14.6. The van der Waals surface area contributed by atoms with E-state index in [0.29, 0.717) is 12.1 Å². The topological polar surface area (TPSA) is 75.6 Å². The van der Waals surface area contributed by atoms with E-state index in [4.69, 9.17) is 4.74 Å². The Morgan fingerprint density at radius 1 is 0.970 bits per heavy atom. The van der Waals surface area contributed by atoms with Gasteiger partial charge in [0.2, 0.25) is 0 Å². The number of rotatable bonds is 5. The van der Waals surface area contributed by atoms with E-state index >= 15 is 0 Å². The van der Waals surface area contributed by atoms with Crippen molar-refractivity contribution in [2.45, 2.75) is 18.1 Å². The average molecular weight is 459 g/mol. The monoisotopic (exact) mass is 459 g/mol. The maximum Gasteiger partial charge on any atom is 0.416 e. The largest absolute Gasteiger partial charge is 0.479 e. The Morgan fingerprint density at radius 2 is 1.55 bits per heavy atom. The summed E-state index contributed by atoms with van der Waals surface area (Å²) in [6.07, 6.45) is -6.04. The predicted molar refractivity (Wildman–Crippen MR) is 110 cm³/mol. The molecule has 4 rings (SSSR count). The van der Waals surface area contributed by atoms with Crippen molar-refractivity contribution in [2.24, 2.45) is 0 Å². The quantitative estimate of drug-likeness (QED) is 0.494. The molecule has 3 aromatic rings. The van der Waals surface area contributed by atoms with Crippen molar-refractivity contribution in [2.75, 3.05) is 6.61 Å². The lowest BCUT2D eigenvalue weighted by atomic mass is 9.98. The second-order valence-electron chi connectivity index (χ2n) is 7.51. The Hall–Kier alpha value is -3.88. The van der Waals surface area contributed by atoms with Crippen LogP contribution in [0.25, 0.3) is 11.1 Å². The standard InChI is InChI=1S/C24H17F4NO4/c25-15-10-13(9-14(11-15)24(26,27)28)21(22(30)31)29-23(32)33-12-20-18-7-3-1-5-16(18)17-6-2-4-8-19(17)20/h1-11,20-21H,12H2,(H,29,32)(H,30,31).